The minimum atomic E-state index is 0.856. The molecular weight excluding hydrogens is 907 g/mol. The van der Waals surface area contributed by atoms with Gasteiger partial charge in [-0.1, -0.05) is 108 Å². The van der Waals surface area contributed by atoms with Crippen LogP contribution in [0.3, 0.4) is 0 Å². The van der Waals surface area contributed by atoms with Crippen LogP contribution >= 0.6 is 0 Å². The molecule has 0 aliphatic rings. The van der Waals surface area contributed by atoms with E-state index in [2.05, 4.69) is 235 Å². The molecule has 0 amide bonds. The van der Waals surface area contributed by atoms with Gasteiger partial charge < -0.3 is 28.0 Å². The Bertz CT molecular complexity index is 4060. The van der Waals surface area contributed by atoms with E-state index in [1.54, 1.807) is 18.8 Å². The fourth-order valence-electron chi connectivity index (χ4n) is 10.1. The summed E-state index contributed by atoms with van der Waals surface area (Å²) in [6.07, 6.45) is 5.23. The molecule has 74 heavy (non-hydrogen) atoms. The molecule has 0 saturated heterocycles. The van der Waals surface area contributed by atoms with Crippen LogP contribution in [-0.4, -0.2) is 0 Å². The van der Waals surface area contributed by atoms with Crippen molar-refractivity contribution in [2.45, 2.75) is 13.8 Å². The molecule has 0 fully saturated rings. The summed E-state index contributed by atoms with van der Waals surface area (Å²) in [5.41, 5.74) is 21.5. The summed E-state index contributed by atoms with van der Waals surface area (Å²) in [6, 6.07) is 86.6. The second-order valence-electron chi connectivity index (χ2n) is 18.9. The van der Waals surface area contributed by atoms with Crippen molar-refractivity contribution in [1.82, 2.24) is 0 Å². The van der Waals surface area contributed by atoms with Gasteiger partial charge in [-0.05, 0) is 193 Å². The number of rotatable bonds is 12. The van der Waals surface area contributed by atoms with Gasteiger partial charge in [-0.15, -0.1) is 0 Å². The van der Waals surface area contributed by atoms with Crippen LogP contribution in [0.4, 0.5) is 51.2 Å². The molecule has 354 valence electrons. The molecule has 3 aromatic heterocycles. The second-order valence-corrected chi connectivity index (χ2v) is 18.9. The van der Waals surface area contributed by atoms with Gasteiger partial charge >= 0.3 is 0 Å². The molecule has 0 bridgehead atoms. The van der Waals surface area contributed by atoms with E-state index in [0.717, 1.165) is 106 Å². The number of furan rings is 3. The normalized spacial score (nSPS) is 11.4. The zero-order valence-corrected chi connectivity index (χ0v) is 40.9. The van der Waals surface area contributed by atoms with Crippen molar-refractivity contribution in [3.05, 3.63) is 273 Å². The van der Waals surface area contributed by atoms with Crippen molar-refractivity contribution in [3.63, 3.8) is 0 Å². The van der Waals surface area contributed by atoms with E-state index in [4.69, 9.17) is 13.3 Å². The number of hydrogen-bond acceptors (Lipinski definition) is 6. The Hall–Kier alpha value is -9.78. The predicted octanol–water partition coefficient (Wildman–Crippen LogP) is 20.0. The lowest BCUT2D eigenvalue weighted by Crippen LogP contribution is -2.10. The average Bonchev–Trinajstić information content (AvgIpc) is 4.26. The van der Waals surface area contributed by atoms with E-state index in [1.165, 1.54) is 22.3 Å². The summed E-state index contributed by atoms with van der Waals surface area (Å²) in [7, 11) is 0. The smallest absolute Gasteiger partial charge is 0.133 e. The molecule has 0 unspecified atom stereocenters. The standard InChI is InChI=1S/C68H49N3O3/c1-46-3-7-48(8-4-46)49-9-21-59(22-10-49)70(64-32-35-67-55(44-64)38-41-73-67)60-25-15-52(16-26-60)53-17-29-62(30-18-53)71(65-33-36-68-56(45-65)39-42-74-68)61-27-13-51(14-28-61)50-11-23-58(24-12-50)69(57-19-5-47(2)6-20-57)63-31-34-66-54(43-63)37-40-72-66/h3-45H,1-2H3. The number of fused-ring (bicyclic) bond motifs is 3. The SMILES string of the molecule is Cc1ccc(-c2ccc(N(c3ccc(-c4ccc(N(c5ccc(-c6ccc(N(c7ccc(C)cc7)c7ccc8occc8c7)cc6)cc5)c5ccc6occc6c5)cc4)cc3)c3ccc4occc4c3)cc2)cc1. The molecule has 0 atom stereocenters. The quantitative estimate of drug-likeness (QED) is 0.122. The highest BCUT2D eigenvalue weighted by atomic mass is 16.3. The molecule has 3 heterocycles. The van der Waals surface area contributed by atoms with E-state index in [-0.39, 0.29) is 0 Å². The lowest BCUT2D eigenvalue weighted by Gasteiger charge is -2.27. The van der Waals surface area contributed by atoms with E-state index in [9.17, 15) is 0 Å². The van der Waals surface area contributed by atoms with E-state index < -0.39 is 0 Å². The maximum Gasteiger partial charge on any atom is 0.133 e. The van der Waals surface area contributed by atoms with Crippen LogP contribution in [0.2, 0.25) is 0 Å². The Morgan fingerprint density at radius 3 is 0.676 bits per heavy atom. The molecule has 6 heteroatoms. The first-order valence-corrected chi connectivity index (χ1v) is 24.9. The Morgan fingerprint density at radius 2 is 0.419 bits per heavy atom. The summed E-state index contributed by atoms with van der Waals surface area (Å²) < 4.78 is 17.2. The highest BCUT2D eigenvalue weighted by molar-refractivity contribution is 5.90. The number of benzene rings is 10. The summed E-state index contributed by atoms with van der Waals surface area (Å²) in [4.78, 5) is 6.90. The zero-order valence-electron chi connectivity index (χ0n) is 40.9. The average molecular weight is 956 g/mol. The Balaban J connectivity index is 0.791. The molecule has 0 spiro atoms. The molecule has 0 N–H and O–H groups in total. The lowest BCUT2D eigenvalue weighted by molar-refractivity contribution is 0.615. The molecule has 0 radical (unpaired) electrons. The monoisotopic (exact) mass is 955 g/mol. The van der Waals surface area contributed by atoms with Crippen molar-refractivity contribution in [2.24, 2.45) is 0 Å². The first kappa shape index (κ1) is 44.2. The van der Waals surface area contributed by atoms with Crippen molar-refractivity contribution in [2.75, 3.05) is 14.7 Å². The van der Waals surface area contributed by atoms with Gasteiger partial charge in [0.2, 0.25) is 0 Å². The van der Waals surface area contributed by atoms with Crippen LogP contribution in [0.1, 0.15) is 11.1 Å². The van der Waals surface area contributed by atoms with Crippen molar-refractivity contribution in [1.29, 1.82) is 0 Å². The summed E-state index contributed by atoms with van der Waals surface area (Å²) in [5.74, 6) is 0. The maximum absolute atomic E-state index is 5.76. The Morgan fingerprint density at radius 1 is 0.216 bits per heavy atom. The molecule has 10 aromatic carbocycles. The van der Waals surface area contributed by atoms with E-state index >= 15 is 0 Å². The topological polar surface area (TPSA) is 49.1 Å². The van der Waals surface area contributed by atoms with E-state index in [1.807, 2.05) is 36.4 Å². The molecule has 13 aromatic rings. The van der Waals surface area contributed by atoms with Crippen LogP contribution in [0, 0.1) is 13.8 Å². The van der Waals surface area contributed by atoms with Gasteiger partial charge in [-0.2, -0.15) is 0 Å². The lowest BCUT2D eigenvalue weighted by atomic mass is 10.0. The zero-order chi connectivity index (χ0) is 49.5. The third-order valence-corrected chi connectivity index (χ3v) is 14.1. The second kappa shape index (κ2) is 18.8. The highest BCUT2D eigenvalue weighted by Gasteiger charge is 2.19. The highest BCUT2D eigenvalue weighted by Crippen LogP contribution is 2.42. The Kier molecular flexibility index (Phi) is 11.2. The van der Waals surface area contributed by atoms with E-state index in [0.29, 0.717) is 0 Å². The van der Waals surface area contributed by atoms with Crippen LogP contribution in [0.25, 0.3) is 66.3 Å². The maximum atomic E-state index is 5.76. The van der Waals surface area contributed by atoms with Gasteiger partial charge in [0.05, 0.1) is 18.8 Å². The fraction of sp³-hybridized carbons (Fsp3) is 0.0294. The van der Waals surface area contributed by atoms with Crippen LogP contribution < -0.4 is 14.7 Å². The third-order valence-electron chi connectivity index (χ3n) is 14.1. The van der Waals surface area contributed by atoms with Gasteiger partial charge in [-0.25, -0.2) is 0 Å². The molecule has 13 rings (SSSR count). The van der Waals surface area contributed by atoms with Crippen LogP contribution in [0.5, 0.6) is 0 Å². The molecule has 0 aliphatic heterocycles. The minimum Gasteiger partial charge on any atom is -0.464 e. The first-order valence-electron chi connectivity index (χ1n) is 24.9. The summed E-state index contributed by atoms with van der Waals surface area (Å²) in [5, 5.41) is 3.17. The van der Waals surface area contributed by atoms with Gasteiger partial charge in [0.1, 0.15) is 16.7 Å². The van der Waals surface area contributed by atoms with Gasteiger partial charge in [0.25, 0.3) is 0 Å². The minimum absolute atomic E-state index is 0.856. The van der Waals surface area contributed by atoms with Crippen molar-refractivity contribution < 1.29 is 13.3 Å². The summed E-state index contributed by atoms with van der Waals surface area (Å²) in [6.45, 7) is 4.24. The first-order chi connectivity index (χ1) is 36.4. The molecule has 0 aliphatic carbocycles. The molecule has 6 nitrogen and oxygen atoms in total. The van der Waals surface area contributed by atoms with Gasteiger partial charge in [0.15, 0.2) is 0 Å². The summed E-state index contributed by atoms with van der Waals surface area (Å²) >= 11 is 0. The van der Waals surface area contributed by atoms with Crippen LogP contribution in [0.15, 0.2) is 275 Å². The van der Waals surface area contributed by atoms with Gasteiger partial charge in [-0.3, -0.25) is 0 Å². The number of nitrogens with zero attached hydrogens (tertiary/aromatic N) is 3. The number of hydrogen-bond donors (Lipinski definition) is 0. The molecule has 0 saturated carbocycles. The number of anilines is 9. The molecular formula is C68H49N3O3. The van der Waals surface area contributed by atoms with Crippen molar-refractivity contribution in [3.8, 4) is 33.4 Å². The largest absolute Gasteiger partial charge is 0.464 e. The fourth-order valence-corrected chi connectivity index (χ4v) is 10.1. The predicted molar refractivity (Wildman–Crippen MR) is 306 cm³/mol. The van der Waals surface area contributed by atoms with Crippen LogP contribution in [-0.2, 0) is 0 Å². The van der Waals surface area contributed by atoms with Crippen molar-refractivity contribution >= 4 is 84.1 Å². The number of aryl methyl sites for hydroxylation is 2. The Labute approximate surface area is 429 Å². The van der Waals surface area contributed by atoms with Gasteiger partial charge in [0, 0.05) is 67.3 Å². The third kappa shape index (κ3) is 8.54.